The summed E-state index contributed by atoms with van der Waals surface area (Å²) in [6.07, 6.45) is 0. The Kier molecular flexibility index (Phi) is 5.08. The van der Waals surface area contributed by atoms with Crippen LogP contribution in [0, 0.1) is 6.92 Å². The summed E-state index contributed by atoms with van der Waals surface area (Å²) in [7, 11) is -3.65. The molecule has 0 aromatic heterocycles. The van der Waals surface area contributed by atoms with Gasteiger partial charge in [0.2, 0.25) is 0 Å². The number of hydrogen-bond donors (Lipinski definition) is 0. The second-order valence-electron chi connectivity index (χ2n) is 5.23. The van der Waals surface area contributed by atoms with Crippen molar-refractivity contribution in [3.8, 4) is 0 Å². The van der Waals surface area contributed by atoms with E-state index in [0.717, 1.165) is 15.6 Å². The van der Waals surface area contributed by atoms with Crippen LogP contribution in [0.2, 0.25) is 0 Å². The van der Waals surface area contributed by atoms with Gasteiger partial charge in [0.25, 0.3) is 10.0 Å². The highest BCUT2D eigenvalue weighted by atomic mass is 79.9. The van der Waals surface area contributed by atoms with Crippen molar-refractivity contribution in [2.75, 3.05) is 10.8 Å². The number of nitrogens with zero attached hydrogens (tertiary/aromatic N) is 1. The van der Waals surface area contributed by atoms with Gasteiger partial charge in [-0.1, -0.05) is 42.0 Å². The third-order valence-electron chi connectivity index (χ3n) is 3.14. The van der Waals surface area contributed by atoms with Crippen molar-refractivity contribution in [1.82, 2.24) is 0 Å². The van der Waals surface area contributed by atoms with Crippen LogP contribution >= 0.6 is 15.9 Å². The molecule has 0 radical (unpaired) electrons. The zero-order chi connectivity index (χ0) is 16.3. The average Bonchev–Trinajstić information content (AvgIpc) is 2.46. The molecule has 0 fully saturated rings. The third kappa shape index (κ3) is 3.59. The monoisotopic (exact) mass is 379 g/mol. The molecular formula is C17H18BrNO2S. The van der Waals surface area contributed by atoms with E-state index in [1.165, 1.54) is 4.31 Å². The van der Waals surface area contributed by atoms with E-state index >= 15 is 0 Å². The van der Waals surface area contributed by atoms with E-state index < -0.39 is 10.0 Å². The van der Waals surface area contributed by atoms with Gasteiger partial charge in [0, 0.05) is 4.47 Å². The van der Waals surface area contributed by atoms with Gasteiger partial charge >= 0.3 is 0 Å². The normalized spacial score (nSPS) is 11.2. The van der Waals surface area contributed by atoms with Crippen LogP contribution in [0.4, 0.5) is 5.69 Å². The number of anilines is 1. The minimum absolute atomic E-state index is 0.235. The van der Waals surface area contributed by atoms with Crippen LogP contribution in [-0.4, -0.2) is 15.0 Å². The standard InChI is InChI=1S/C17H18BrNO2S/c1-13(2)12-19(17-7-5-4-6-16(17)18)22(20,21)15-10-8-14(3)9-11-15/h4-11H,1,12H2,2-3H3. The van der Waals surface area contributed by atoms with Crippen molar-refractivity contribution in [1.29, 1.82) is 0 Å². The van der Waals surface area contributed by atoms with Crippen LogP contribution in [0.3, 0.4) is 0 Å². The topological polar surface area (TPSA) is 37.4 Å². The average molecular weight is 380 g/mol. The molecule has 0 saturated carbocycles. The second-order valence-corrected chi connectivity index (χ2v) is 7.95. The number of benzene rings is 2. The summed E-state index contributed by atoms with van der Waals surface area (Å²) >= 11 is 3.43. The molecule has 0 spiro atoms. The van der Waals surface area contributed by atoms with Gasteiger partial charge in [0.05, 0.1) is 17.1 Å². The van der Waals surface area contributed by atoms with E-state index in [-0.39, 0.29) is 11.4 Å². The van der Waals surface area contributed by atoms with Crippen molar-refractivity contribution in [3.63, 3.8) is 0 Å². The molecule has 0 amide bonds. The highest BCUT2D eigenvalue weighted by Gasteiger charge is 2.26. The van der Waals surface area contributed by atoms with Crippen LogP contribution in [0.1, 0.15) is 12.5 Å². The Morgan fingerprint density at radius 1 is 1.14 bits per heavy atom. The molecule has 5 heteroatoms. The van der Waals surface area contributed by atoms with E-state index in [1.807, 2.05) is 32.0 Å². The van der Waals surface area contributed by atoms with Crippen molar-refractivity contribution < 1.29 is 8.42 Å². The maximum absolute atomic E-state index is 13.0. The summed E-state index contributed by atoms with van der Waals surface area (Å²) in [6.45, 7) is 7.83. The Hall–Kier alpha value is -1.59. The number of rotatable bonds is 5. The lowest BCUT2D eigenvalue weighted by Crippen LogP contribution is -2.32. The molecule has 22 heavy (non-hydrogen) atoms. The summed E-state index contributed by atoms with van der Waals surface area (Å²) in [4.78, 5) is 0.273. The lowest BCUT2D eigenvalue weighted by atomic mass is 10.2. The zero-order valence-corrected chi connectivity index (χ0v) is 15.0. The number of halogens is 1. The molecule has 0 aliphatic rings. The molecule has 3 nitrogen and oxygen atoms in total. The Balaban J connectivity index is 2.56. The predicted molar refractivity (Wildman–Crippen MR) is 94.7 cm³/mol. The number of sulfonamides is 1. The molecule has 0 aliphatic carbocycles. The summed E-state index contributed by atoms with van der Waals surface area (Å²) in [5.74, 6) is 0. The molecule has 0 N–H and O–H groups in total. The van der Waals surface area contributed by atoms with Gasteiger partial charge in [-0.3, -0.25) is 4.31 Å². The first kappa shape index (κ1) is 16.8. The van der Waals surface area contributed by atoms with Crippen molar-refractivity contribution in [2.45, 2.75) is 18.7 Å². The van der Waals surface area contributed by atoms with Crippen LogP contribution < -0.4 is 4.31 Å². The fraction of sp³-hybridized carbons (Fsp3) is 0.176. The van der Waals surface area contributed by atoms with Gasteiger partial charge in [0.15, 0.2) is 0 Å². The van der Waals surface area contributed by atoms with Crippen LogP contribution in [-0.2, 0) is 10.0 Å². The minimum atomic E-state index is -3.65. The fourth-order valence-electron chi connectivity index (χ4n) is 2.04. The Morgan fingerprint density at radius 2 is 1.73 bits per heavy atom. The second kappa shape index (κ2) is 6.67. The molecule has 2 aromatic carbocycles. The molecule has 0 aliphatic heterocycles. The fourth-order valence-corrected chi connectivity index (χ4v) is 4.20. The smallest absolute Gasteiger partial charge is 0.261 e. The molecule has 0 heterocycles. The lowest BCUT2D eigenvalue weighted by Gasteiger charge is -2.25. The minimum Gasteiger partial charge on any atom is -0.261 e. The molecular weight excluding hydrogens is 362 g/mol. The van der Waals surface area contributed by atoms with Crippen LogP contribution in [0.25, 0.3) is 0 Å². The predicted octanol–water partition coefficient (Wildman–Crippen LogP) is 4.53. The summed E-state index contributed by atoms with van der Waals surface area (Å²) in [6, 6.07) is 14.1. The molecule has 2 aromatic rings. The van der Waals surface area contributed by atoms with Crippen molar-refractivity contribution in [2.24, 2.45) is 0 Å². The van der Waals surface area contributed by atoms with Crippen LogP contribution in [0.15, 0.2) is 70.1 Å². The van der Waals surface area contributed by atoms with Gasteiger partial charge < -0.3 is 0 Å². The summed E-state index contributed by atoms with van der Waals surface area (Å²) in [5, 5.41) is 0. The van der Waals surface area contributed by atoms with E-state index in [4.69, 9.17) is 0 Å². The first-order valence-corrected chi connectivity index (χ1v) is 9.04. The Morgan fingerprint density at radius 3 is 2.27 bits per heavy atom. The van der Waals surface area contributed by atoms with Gasteiger partial charge in [-0.25, -0.2) is 8.42 Å². The van der Waals surface area contributed by atoms with Crippen molar-refractivity contribution >= 4 is 31.6 Å². The molecule has 116 valence electrons. The quantitative estimate of drug-likeness (QED) is 0.715. The molecule has 0 saturated heterocycles. The van der Waals surface area contributed by atoms with Gasteiger partial charge in [-0.05, 0) is 54.0 Å². The van der Waals surface area contributed by atoms with Gasteiger partial charge in [-0.15, -0.1) is 0 Å². The van der Waals surface area contributed by atoms with E-state index in [2.05, 4.69) is 22.5 Å². The van der Waals surface area contributed by atoms with Gasteiger partial charge in [0.1, 0.15) is 0 Å². The Bertz CT molecular complexity index is 783. The molecule has 0 bridgehead atoms. The van der Waals surface area contributed by atoms with Crippen LogP contribution in [0.5, 0.6) is 0 Å². The van der Waals surface area contributed by atoms with E-state index in [0.29, 0.717) is 5.69 Å². The number of hydrogen-bond acceptors (Lipinski definition) is 2. The maximum Gasteiger partial charge on any atom is 0.264 e. The zero-order valence-electron chi connectivity index (χ0n) is 12.6. The molecule has 0 unspecified atom stereocenters. The number of aryl methyl sites for hydroxylation is 1. The van der Waals surface area contributed by atoms with E-state index in [9.17, 15) is 8.42 Å². The highest BCUT2D eigenvalue weighted by Crippen LogP contribution is 2.31. The first-order valence-electron chi connectivity index (χ1n) is 6.80. The summed E-state index contributed by atoms with van der Waals surface area (Å²) in [5.41, 5.74) is 2.39. The lowest BCUT2D eigenvalue weighted by molar-refractivity contribution is 0.592. The first-order chi connectivity index (χ1) is 10.3. The summed E-state index contributed by atoms with van der Waals surface area (Å²) < 4.78 is 28.1. The Labute approximate surface area is 140 Å². The SMILES string of the molecule is C=C(C)CN(c1ccccc1Br)S(=O)(=O)c1ccc(C)cc1. The van der Waals surface area contributed by atoms with Gasteiger partial charge in [-0.2, -0.15) is 0 Å². The molecule has 0 atom stereocenters. The largest absolute Gasteiger partial charge is 0.264 e. The highest BCUT2D eigenvalue weighted by molar-refractivity contribution is 9.10. The van der Waals surface area contributed by atoms with Crippen molar-refractivity contribution in [3.05, 3.63) is 70.7 Å². The number of para-hydroxylation sites is 1. The van der Waals surface area contributed by atoms with E-state index in [1.54, 1.807) is 30.3 Å². The molecule has 2 rings (SSSR count). The third-order valence-corrected chi connectivity index (χ3v) is 5.59. The maximum atomic E-state index is 13.0.